The van der Waals surface area contributed by atoms with Crippen LogP contribution >= 0.6 is 11.6 Å². The maximum atomic E-state index is 9.67. The molecule has 2 N–H and O–H groups in total. The van der Waals surface area contributed by atoms with Crippen molar-refractivity contribution in [2.24, 2.45) is 5.92 Å². The summed E-state index contributed by atoms with van der Waals surface area (Å²) in [4.78, 5) is 2.28. The van der Waals surface area contributed by atoms with E-state index in [1.807, 2.05) is 12.1 Å². The Labute approximate surface area is 126 Å². The van der Waals surface area contributed by atoms with E-state index in [-0.39, 0.29) is 12.6 Å². The maximum Gasteiger partial charge on any atom is 0.0643 e. The fourth-order valence-corrected chi connectivity index (χ4v) is 3.21. The average Bonchev–Trinajstić information content (AvgIpc) is 2.77. The maximum absolute atomic E-state index is 9.67. The molecule has 2 rings (SSSR count). The lowest BCUT2D eigenvalue weighted by atomic mass is 10.0. The first-order valence-corrected chi connectivity index (χ1v) is 7.80. The third-order valence-corrected chi connectivity index (χ3v) is 4.43. The molecule has 1 aliphatic rings. The van der Waals surface area contributed by atoms with Crippen LogP contribution in [0.15, 0.2) is 18.2 Å². The summed E-state index contributed by atoms with van der Waals surface area (Å²) >= 11 is 6.44. The van der Waals surface area contributed by atoms with E-state index in [9.17, 15) is 5.11 Å². The zero-order valence-electron chi connectivity index (χ0n) is 12.6. The van der Waals surface area contributed by atoms with E-state index >= 15 is 0 Å². The minimum Gasteiger partial charge on any atom is -0.394 e. The molecule has 3 nitrogen and oxygen atoms in total. The summed E-state index contributed by atoms with van der Waals surface area (Å²) in [6.45, 7) is 8.42. The van der Waals surface area contributed by atoms with E-state index in [1.165, 1.54) is 5.56 Å². The summed E-state index contributed by atoms with van der Waals surface area (Å²) in [5, 5.41) is 13.9. The second-order valence-corrected chi connectivity index (χ2v) is 6.40. The van der Waals surface area contributed by atoms with Crippen molar-refractivity contribution in [3.8, 4) is 0 Å². The Kier molecular flexibility index (Phi) is 5.30. The van der Waals surface area contributed by atoms with Crippen molar-refractivity contribution in [3.05, 3.63) is 28.8 Å². The monoisotopic (exact) mass is 296 g/mol. The Morgan fingerprint density at radius 1 is 1.45 bits per heavy atom. The molecule has 0 aromatic heterocycles. The number of aliphatic hydroxyl groups is 1. The summed E-state index contributed by atoms with van der Waals surface area (Å²) in [5.41, 5.74) is 2.30. The summed E-state index contributed by atoms with van der Waals surface area (Å²) < 4.78 is 0. The molecule has 1 aromatic carbocycles. The summed E-state index contributed by atoms with van der Waals surface area (Å²) in [5.74, 6) is 0.502. The molecule has 0 bridgehead atoms. The minimum absolute atomic E-state index is 0.174. The van der Waals surface area contributed by atoms with Gasteiger partial charge in [-0.1, -0.05) is 44.5 Å². The van der Waals surface area contributed by atoms with Crippen molar-refractivity contribution in [2.45, 2.75) is 45.8 Å². The number of halogens is 1. The van der Waals surface area contributed by atoms with Crippen LogP contribution in [-0.4, -0.2) is 30.3 Å². The number of nitrogens with zero attached hydrogens (tertiary/aromatic N) is 1. The quantitative estimate of drug-likeness (QED) is 0.877. The molecule has 1 aromatic rings. The summed E-state index contributed by atoms with van der Waals surface area (Å²) in [6.07, 6.45) is 1.10. The highest BCUT2D eigenvalue weighted by molar-refractivity contribution is 6.33. The van der Waals surface area contributed by atoms with E-state index in [0.29, 0.717) is 12.0 Å². The third kappa shape index (κ3) is 3.27. The van der Waals surface area contributed by atoms with Gasteiger partial charge in [-0.05, 0) is 24.0 Å². The normalized spacial score (nSPS) is 22.8. The van der Waals surface area contributed by atoms with Crippen molar-refractivity contribution in [1.29, 1.82) is 0 Å². The molecule has 0 radical (unpaired) electrons. The fraction of sp³-hybridized carbons (Fsp3) is 0.625. The van der Waals surface area contributed by atoms with Crippen LogP contribution in [0.25, 0.3) is 0 Å². The van der Waals surface area contributed by atoms with E-state index in [2.05, 4.69) is 37.1 Å². The molecule has 0 amide bonds. The first-order valence-electron chi connectivity index (χ1n) is 7.42. The van der Waals surface area contributed by atoms with Gasteiger partial charge in [0.15, 0.2) is 0 Å². The largest absolute Gasteiger partial charge is 0.394 e. The zero-order valence-corrected chi connectivity index (χ0v) is 13.3. The van der Waals surface area contributed by atoms with Gasteiger partial charge in [0, 0.05) is 19.1 Å². The predicted molar refractivity (Wildman–Crippen MR) is 85.4 cm³/mol. The van der Waals surface area contributed by atoms with Crippen LogP contribution in [0.4, 0.5) is 5.69 Å². The number of hydrogen-bond acceptors (Lipinski definition) is 3. The lowest BCUT2D eigenvalue weighted by Gasteiger charge is -2.30. The Morgan fingerprint density at radius 2 is 2.20 bits per heavy atom. The molecule has 0 saturated carbocycles. The molecule has 2 atom stereocenters. The molecule has 1 aliphatic heterocycles. The van der Waals surface area contributed by atoms with E-state index in [1.54, 1.807) is 0 Å². The molecule has 0 aliphatic carbocycles. The van der Waals surface area contributed by atoms with Crippen LogP contribution < -0.4 is 10.2 Å². The highest BCUT2D eigenvalue weighted by Crippen LogP contribution is 2.36. The topological polar surface area (TPSA) is 35.5 Å². The van der Waals surface area contributed by atoms with Gasteiger partial charge in [-0.3, -0.25) is 0 Å². The summed E-state index contributed by atoms with van der Waals surface area (Å²) in [6, 6.07) is 6.67. The lowest BCUT2D eigenvalue weighted by molar-refractivity contribution is 0.244. The first-order chi connectivity index (χ1) is 9.54. The Hall–Kier alpha value is -0.770. The fourth-order valence-electron chi connectivity index (χ4n) is 2.90. The molecule has 4 heteroatoms. The molecule has 0 spiro atoms. The van der Waals surface area contributed by atoms with Crippen LogP contribution in [-0.2, 0) is 6.54 Å². The number of rotatable bonds is 5. The molecular weight excluding hydrogens is 272 g/mol. The van der Waals surface area contributed by atoms with Gasteiger partial charge in [-0.2, -0.15) is 0 Å². The second-order valence-electron chi connectivity index (χ2n) is 5.99. The highest BCUT2D eigenvalue weighted by atomic mass is 35.5. The van der Waals surface area contributed by atoms with Gasteiger partial charge in [0.25, 0.3) is 0 Å². The van der Waals surface area contributed by atoms with E-state index in [4.69, 9.17) is 11.6 Å². The average molecular weight is 297 g/mol. The molecular formula is C16H25ClN2O. The van der Waals surface area contributed by atoms with E-state index < -0.39 is 0 Å². The first kappa shape index (κ1) is 15.6. The standard InChI is InChI=1S/C16H25ClN2O/c1-11(2)18-9-13-5-4-6-14(17)16(13)19-8-7-12(3)15(19)10-20/h4-6,11-12,15,18,20H,7-10H2,1-3H3. The molecule has 1 fully saturated rings. The third-order valence-electron chi connectivity index (χ3n) is 4.13. The van der Waals surface area contributed by atoms with Gasteiger partial charge in [0.05, 0.1) is 23.4 Å². The molecule has 1 saturated heterocycles. The van der Waals surface area contributed by atoms with Crippen molar-refractivity contribution >= 4 is 17.3 Å². The van der Waals surface area contributed by atoms with Crippen molar-refractivity contribution in [3.63, 3.8) is 0 Å². The minimum atomic E-state index is 0.174. The van der Waals surface area contributed by atoms with Crippen LogP contribution in [0, 0.1) is 5.92 Å². The lowest BCUT2D eigenvalue weighted by Crippen LogP contribution is -2.36. The Balaban J connectivity index is 2.29. The van der Waals surface area contributed by atoms with Crippen LogP contribution in [0.2, 0.25) is 5.02 Å². The van der Waals surface area contributed by atoms with E-state index in [0.717, 1.165) is 30.2 Å². The number of nitrogens with one attached hydrogen (secondary N) is 1. The van der Waals surface area contributed by atoms with Gasteiger partial charge in [-0.25, -0.2) is 0 Å². The van der Waals surface area contributed by atoms with Gasteiger partial charge >= 0.3 is 0 Å². The van der Waals surface area contributed by atoms with Gasteiger partial charge in [-0.15, -0.1) is 0 Å². The van der Waals surface area contributed by atoms with Crippen LogP contribution in [0.5, 0.6) is 0 Å². The number of hydrogen-bond donors (Lipinski definition) is 2. The van der Waals surface area contributed by atoms with Crippen molar-refractivity contribution < 1.29 is 5.11 Å². The van der Waals surface area contributed by atoms with Gasteiger partial charge in [0.2, 0.25) is 0 Å². The van der Waals surface area contributed by atoms with Crippen LogP contribution in [0.1, 0.15) is 32.8 Å². The van der Waals surface area contributed by atoms with Gasteiger partial charge < -0.3 is 15.3 Å². The predicted octanol–water partition coefficient (Wildman–Crippen LogP) is 3.05. The molecule has 112 valence electrons. The molecule has 1 heterocycles. The van der Waals surface area contributed by atoms with Crippen LogP contribution in [0.3, 0.4) is 0 Å². The number of para-hydroxylation sites is 1. The summed E-state index contributed by atoms with van der Waals surface area (Å²) in [7, 11) is 0. The van der Waals surface area contributed by atoms with Crippen molar-refractivity contribution in [2.75, 3.05) is 18.1 Å². The number of aliphatic hydroxyl groups excluding tert-OH is 1. The number of benzene rings is 1. The Morgan fingerprint density at radius 3 is 2.85 bits per heavy atom. The SMILES string of the molecule is CC(C)NCc1cccc(Cl)c1N1CCC(C)C1CO. The van der Waals surface area contributed by atoms with Gasteiger partial charge in [0.1, 0.15) is 0 Å². The zero-order chi connectivity index (χ0) is 14.7. The number of anilines is 1. The molecule has 20 heavy (non-hydrogen) atoms. The van der Waals surface area contributed by atoms with Crippen molar-refractivity contribution in [1.82, 2.24) is 5.32 Å². The second kappa shape index (κ2) is 6.79. The Bertz CT molecular complexity index is 450. The molecule has 2 unspecified atom stereocenters. The highest BCUT2D eigenvalue weighted by Gasteiger charge is 2.32. The smallest absolute Gasteiger partial charge is 0.0643 e.